The molecule has 1 aromatic carbocycles. The number of hydrogen-bond donors (Lipinski definition) is 1. The Labute approximate surface area is 96.1 Å². The van der Waals surface area contributed by atoms with Crippen LogP contribution in [0.1, 0.15) is 11.1 Å². The highest BCUT2D eigenvalue weighted by molar-refractivity contribution is 7.88. The van der Waals surface area contributed by atoms with Crippen molar-refractivity contribution in [3.63, 3.8) is 0 Å². The average molecular weight is 240 g/mol. The molecule has 0 spiro atoms. The first-order chi connectivity index (χ1) is 7.47. The number of anilines is 1. The predicted octanol–water partition coefficient (Wildman–Crippen LogP) is 0.629. The Balaban J connectivity index is 2.25. The van der Waals surface area contributed by atoms with E-state index < -0.39 is 10.0 Å². The van der Waals surface area contributed by atoms with Gasteiger partial charge in [-0.15, -0.1) is 0 Å². The summed E-state index contributed by atoms with van der Waals surface area (Å²) in [4.78, 5) is 0. The molecule has 2 rings (SSSR count). The molecule has 1 aromatic rings. The summed E-state index contributed by atoms with van der Waals surface area (Å²) in [5.74, 6) is 0. The van der Waals surface area contributed by atoms with Crippen molar-refractivity contribution < 1.29 is 8.42 Å². The quantitative estimate of drug-likeness (QED) is 0.732. The zero-order valence-corrected chi connectivity index (χ0v) is 10.1. The smallest absolute Gasteiger partial charge is 0.211 e. The molecule has 1 heterocycles. The van der Waals surface area contributed by atoms with Crippen molar-refractivity contribution in [2.24, 2.45) is 0 Å². The van der Waals surface area contributed by atoms with Crippen molar-refractivity contribution in [2.45, 2.75) is 12.8 Å². The van der Waals surface area contributed by atoms with E-state index in [0.717, 1.165) is 18.5 Å². The number of hydrogen-bond acceptors (Lipinski definition) is 3. The first-order valence-corrected chi connectivity index (χ1v) is 7.14. The zero-order valence-electron chi connectivity index (χ0n) is 9.31. The van der Waals surface area contributed by atoms with Crippen LogP contribution < -0.4 is 5.73 Å². The summed E-state index contributed by atoms with van der Waals surface area (Å²) in [5, 5.41) is 0. The monoisotopic (exact) mass is 240 g/mol. The molecule has 1 aliphatic heterocycles. The van der Waals surface area contributed by atoms with Gasteiger partial charge < -0.3 is 5.73 Å². The Hall–Kier alpha value is -1.07. The van der Waals surface area contributed by atoms with E-state index in [2.05, 4.69) is 0 Å². The van der Waals surface area contributed by atoms with Crippen LogP contribution in [0.4, 0.5) is 5.69 Å². The van der Waals surface area contributed by atoms with Crippen molar-refractivity contribution in [3.05, 3.63) is 29.3 Å². The summed E-state index contributed by atoms with van der Waals surface area (Å²) in [6.07, 6.45) is 2.77. The second kappa shape index (κ2) is 4.07. The molecule has 0 unspecified atom stereocenters. The van der Waals surface area contributed by atoms with E-state index in [0.29, 0.717) is 13.1 Å². The molecule has 0 saturated heterocycles. The van der Waals surface area contributed by atoms with Crippen LogP contribution in [0.3, 0.4) is 0 Å². The molecule has 2 N–H and O–H groups in total. The van der Waals surface area contributed by atoms with E-state index in [1.54, 1.807) is 0 Å². The molecule has 0 aromatic heterocycles. The van der Waals surface area contributed by atoms with E-state index in [-0.39, 0.29) is 0 Å². The Morgan fingerprint density at radius 2 is 1.81 bits per heavy atom. The summed E-state index contributed by atoms with van der Waals surface area (Å²) < 4.78 is 24.4. The van der Waals surface area contributed by atoms with E-state index in [4.69, 9.17) is 5.73 Å². The van der Waals surface area contributed by atoms with Gasteiger partial charge in [-0.25, -0.2) is 12.7 Å². The largest absolute Gasteiger partial charge is 0.399 e. The van der Waals surface area contributed by atoms with Gasteiger partial charge in [-0.1, -0.05) is 6.07 Å². The lowest BCUT2D eigenvalue weighted by atomic mass is 10.0. The lowest BCUT2D eigenvalue weighted by Crippen LogP contribution is -2.32. The Morgan fingerprint density at radius 3 is 2.44 bits per heavy atom. The van der Waals surface area contributed by atoms with Crippen LogP contribution >= 0.6 is 0 Å². The molecular formula is C11H16N2O2S. The molecule has 5 heteroatoms. The normalized spacial score (nSPS) is 17.8. The van der Waals surface area contributed by atoms with Gasteiger partial charge in [0, 0.05) is 18.8 Å². The number of nitrogens with zero attached hydrogens (tertiary/aromatic N) is 1. The lowest BCUT2D eigenvalue weighted by molar-refractivity contribution is 0.431. The minimum Gasteiger partial charge on any atom is -0.399 e. The van der Waals surface area contributed by atoms with Crippen LogP contribution in [-0.4, -0.2) is 32.1 Å². The third-order valence-corrected chi connectivity index (χ3v) is 4.26. The topological polar surface area (TPSA) is 63.4 Å². The minimum atomic E-state index is -3.07. The summed E-state index contributed by atoms with van der Waals surface area (Å²) in [5.41, 5.74) is 8.84. The molecule has 16 heavy (non-hydrogen) atoms. The maximum atomic E-state index is 11.5. The molecule has 0 radical (unpaired) electrons. The molecular weight excluding hydrogens is 224 g/mol. The van der Waals surface area contributed by atoms with Crippen LogP contribution in [0.15, 0.2) is 18.2 Å². The van der Waals surface area contributed by atoms with Crippen LogP contribution in [0.2, 0.25) is 0 Å². The van der Waals surface area contributed by atoms with E-state index >= 15 is 0 Å². The molecule has 0 amide bonds. The molecule has 0 aliphatic carbocycles. The van der Waals surface area contributed by atoms with Crippen molar-refractivity contribution in [1.82, 2.24) is 4.31 Å². The third-order valence-electron chi connectivity index (χ3n) is 2.96. The number of sulfonamides is 1. The van der Waals surface area contributed by atoms with E-state index in [9.17, 15) is 8.42 Å². The van der Waals surface area contributed by atoms with Gasteiger partial charge in [-0.05, 0) is 36.1 Å². The standard InChI is InChI=1S/C11H16N2O2S/c1-16(14,15)13-6-4-9-2-3-11(12)8-10(9)5-7-13/h2-3,8H,4-7,12H2,1H3. The Kier molecular flexibility index (Phi) is 2.90. The number of nitrogens with two attached hydrogens (primary N) is 1. The maximum absolute atomic E-state index is 11.5. The van der Waals surface area contributed by atoms with Crippen molar-refractivity contribution >= 4 is 15.7 Å². The van der Waals surface area contributed by atoms with E-state index in [1.807, 2.05) is 18.2 Å². The Morgan fingerprint density at radius 1 is 1.19 bits per heavy atom. The fraction of sp³-hybridized carbons (Fsp3) is 0.455. The van der Waals surface area contributed by atoms with Crippen LogP contribution in [0.5, 0.6) is 0 Å². The highest BCUT2D eigenvalue weighted by atomic mass is 32.2. The summed E-state index contributed by atoms with van der Waals surface area (Å²) in [7, 11) is -3.07. The number of nitrogen functional groups attached to an aromatic ring is 1. The van der Waals surface area contributed by atoms with E-state index in [1.165, 1.54) is 21.7 Å². The second-order valence-corrected chi connectivity index (χ2v) is 6.17. The number of benzene rings is 1. The van der Waals surface area contributed by atoms with Gasteiger partial charge in [-0.2, -0.15) is 0 Å². The van der Waals surface area contributed by atoms with Crippen LogP contribution in [0, 0.1) is 0 Å². The van der Waals surface area contributed by atoms with Gasteiger partial charge in [0.1, 0.15) is 0 Å². The van der Waals surface area contributed by atoms with Gasteiger partial charge in [0.2, 0.25) is 10.0 Å². The predicted molar refractivity (Wildman–Crippen MR) is 64.7 cm³/mol. The lowest BCUT2D eigenvalue weighted by Gasteiger charge is -2.16. The minimum absolute atomic E-state index is 0.551. The summed E-state index contributed by atoms with van der Waals surface area (Å²) >= 11 is 0. The molecule has 0 saturated carbocycles. The molecule has 0 bridgehead atoms. The van der Waals surface area contributed by atoms with Crippen molar-refractivity contribution in [3.8, 4) is 0 Å². The van der Waals surface area contributed by atoms with Crippen molar-refractivity contribution in [2.75, 3.05) is 25.1 Å². The highest BCUT2D eigenvalue weighted by Crippen LogP contribution is 2.19. The van der Waals surface area contributed by atoms with Crippen molar-refractivity contribution in [1.29, 1.82) is 0 Å². The van der Waals surface area contributed by atoms with Gasteiger partial charge >= 0.3 is 0 Å². The molecule has 4 nitrogen and oxygen atoms in total. The molecule has 0 fully saturated rings. The number of fused-ring (bicyclic) bond motifs is 1. The summed E-state index contributed by atoms with van der Waals surface area (Å²) in [6, 6.07) is 5.81. The maximum Gasteiger partial charge on any atom is 0.211 e. The average Bonchev–Trinajstić information content (AvgIpc) is 2.38. The van der Waals surface area contributed by atoms with Gasteiger partial charge in [0.25, 0.3) is 0 Å². The third kappa shape index (κ3) is 2.36. The van der Waals surface area contributed by atoms with Gasteiger partial charge in [0.15, 0.2) is 0 Å². The zero-order chi connectivity index (χ0) is 11.8. The summed E-state index contributed by atoms with van der Waals surface area (Å²) in [6.45, 7) is 1.12. The number of rotatable bonds is 1. The molecule has 88 valence electrons. The molecule has 1 aliphatic rings. The van der Waals surface area contributed by atoms with Gasteiger partial charge in [-0.3, -0.25) is 0 Å². The first-order valence-electron chi connectivity index (χ1n) is 5.29. The molecule has 0 atom stereocenters. The SMILES string of the molecule is CS(=O)(=O)N1CCc2ccc(N)cc2CC1. The van der Waals surface area contributed by atoms with Gasteiger partial charge in [0.05, 0.1) is 6.26 Å². The first kappa shape index (κ1) is 11.4. The van der Waals surface area contributed by atoms with Crippen LogP contribution in [-0.2, 0) is 22.9 Å². The fourth-order valence-electron chi connectivity index (χ4n) is 2.06. The Bertz CT molecular complexity index is 497. The highest BCUT2D eigenvalue weighted by Gasteiger charge is 2.20. The fourth-order valence-corrected chi connectivity index (χ4v) is 2.90. The second-order valence-electron chi connectivity index (χ2n) is 4.19. The van der Waals surface area contributed by atoms with Crippen LogP contribution in [0.25, 0.3) is 0 Å².